The molecular formula is C22H24FN3O3. The Hall–Kier alpha value is -3.09. The fourth-order valence-electron chi connectivity index (χ4n) is 4.09. The maximum absolute atomic E-state index is 14.0. The third-order valence-electron chi connectivity index (χ3n) is 5.63. The van der Waals surface area contributed by atoms with Gasteiger partial charge in [-0.3, -0.25) is 9.59 Å². The molecule has 0 bridgehead atoms. The summed E-state index contributed by atoms with van der Waals surface area (Å²) in [4.78, 5) is 31.0. The quantitative estimate of drug-likeness (QED) is 0.796. The van der Waals surface area contributed by atoms with E-state index >= 15 is 0 Å². The Labute approximate surface area is 169 Å². The van der Waals surface area contributed by atoms with E-state index < -0.39 is 0 Å². The first kappa shape index (κ1) is 19.2. The van der Waals surface area contributed by atoms with Crippen molar-refractivity contribution < 1.29 is 18.7 Å². The summed E-state index contributed by atoms with van der Waals surface area (Å²) in [5.41, 5.74) is 1.26. The van der Waals surface area contributed by atoms with E-state index in [1.807, 2.05) is 29.2 Å². The lowest BCUT2D eigenvalue weighted by molar-refractivity contribution is -0.136. The van der Waals surface area contributed by atoms with Gasteiger partial charge >= 0.3 is 0 Å². The van der Waals surface area contributed by atoms with Crippen LogP contribution in [-0.2, 0) is 9.59 Å². The van der Waals surface area contributed by atoms with E-state index in [1.165, 1.54) is 6.07 Å². The third-order valence-corrected chi connectivity index (χ3v) is 5.63. The first-order valence-electron chi connectivity index (χ1n) is 9.80. The smallest absolute Gasteiger partial charge is 0.228 e. The van der Waals surface area contributed by atoms with Gasteiger partial charge in [-0.15, -0.1) is 0 Å². The highest BCUT2D eigenvalue weighted by Gasteiger charge is 2.38. The van der Waals surface area contributed by atoms with E-state index in [1.54, 1.807) is 35.1 Å². The third kappa shape index (κ3) is 3.77. The highest BCUT2D eigenvalue weighted by molar-refractivity contribution is 6.01. The van der Waals surface area contributed by atoms with E-state index in [2.05, 4.69) is 0 Å². The molecule has 0 saturated carbocycles. The van der Waals surface area contributed by atoms with Crippen LogP contribution in [0.2, 0.25) is 0 Å². The van der Waals surface area contributed by atoms with E-state index in [-0.39, 0.29) is 30.0 Å². The number of rotatable bonds is 4. The van der Waals surface area contributed by atoms with Gasteiger partial charge in [0.25, 0.3) is 0 Å². The van der Waals surface area contributed by atoms with Crippen LogP contribution in [0.3, 0.4) is 0 Å². The van der Waals surface area contributed by atoms with Crippen LogP contribution in [0.25, 0.3) is 0 Å². The summed E-state index contributed by atoms with van der Waals surface area (Å²) in [5, 5.41) is 0. The van der Waals surface area contributed by atoms with Gasteiger partial charge in [0.1, 0.15) is 11.6 Å². The summed E-state index contributed by atoms with van der Waals surface area (Å²) < 4.78 is 19.4. The predicted molar refractivity (Wildman–Crippen MR) is 109 cm³/mol. The molecule has 0 N–H and O–H groups in total. The minimum absolute atomic E-state index is 0.0102. The average molecular weight is 397 g/mol. The Morgan fingerprint density at radius 3 is 2.34 bits per heavy atom. The van der Waals surface area contributed by atoms with E-state index in [9.17, 15) is 14.0 Å². The minimum Gasteiger partial charge on any atom is -0.495 e. The van der Waals surface area contributed by atoms with Crippen molar-refractivity contribution >= 4 is 23.2 Å². The monoisotopic (exact) mass is 397 g/mol. The van der Waals surface area contributed by atoms with Gasteiger partial charge in [0.05, 0.1) is 24.4 Å². The van der Waals surface area contributed by atoms with Crippen molar-refractivity contribution in [3.05, 3.63) is 54.3 Å². The molecule has 0 unspecified atom stereocenters. The van der Waals surface area contributed by atoms with Crippen molar-refractivity contribution in [1.29, 1.82) is 0 Å². The molecule has 2 aromatic rings. The average Bonchev–Trinajstić information content (AvgIpc) is 3.15. The lowest BCUT2D eigenvalue weighted by atomic mass is 10.1. The summed E-state index contributed by atoms with van der Waals surface area (Å²) in [6.45, 7) is 2.54. The number of hydrogen-bond donors (Lipinski definition) is 0. The van der Waals surface area contributed by atoms with Gasteiger partial charge in [0.2, 0.25) is 11.8 Å². The van der Waals surface area contributed by atoms with Crippen molar-refractivity contribution in [3.63, 3.8) is 0 Å². The summed E-state index contributed by atoms with van der Waals surface area (Å²) in [5.74, 6) is -0.0808. The predicted octanol–water partition coefficient (Wildman–Crippen LogP) is 2.54. The van der Waals surface area contributed by atoms with Gasteiger partial charge in [-0.25, -0.2) is 4.39 Å². The maximum Gasteiger partial charge on any atom is 0.228 e. The Morgan fingerprint density at radius 1 is 1.00 bits per heavy atom. The van der Waals surface area contributed by atoms with Gasteiger partial charge in [0, 0.05) is 39.1 Å². The number of nitrogens with zero attached hydrogens (tertiary/aromatic N) is 3. The molecule has 4 rings (SSSR count). The van der Waals surface area contributed by atoms with Crippen molar-refractivity contribution in [2.45, 2.75) is 6.42 Å². The van der Waals surface area contributed by atoms with Gasteiger partial charge in [-0.2, -0.15) is 0 Å². The van der Waals surface area contributed by atoms with Crippen LogP contribution in [-0.4, -0.2) is 56.5 Å². The molecule has 2 aliphatic heterocycles. The van der Waals surface area contributed by atoms with Crippen LogP contribution in [0.5, 0.6) is 5.75 Å². The van der Waals surface area contributed by atoms with Gasteiger partial charge in [-0.05, 0) is 24.3 Å². The van der Waals surface area contributed by atoms with E-state index in [0.29, 0.717) is 49.8 Å². The largest absolute Gasteiger partial charge is 0.495 e. The van der Waals surface area contributed by atoms with E-state index in [4.69, 9.17) is 4.74 Å². The summed E-state index contributed by atoms with van der Waals surface area (Å²) in [6.07, 6.45) is 0.199. The van der Waals surface area contributed by atoms with Crippen molar-refractivity contribution in [3.8, 4) is 5.75 Å². The Morgan fingerprint density at radius 2 is 1.66 bits per heavy atom. The summed E-state index contributed by atoms with van der Waals surface area (Å²) in [7, 11) is 1.57. The lowest BCUT2D eigenvalue weighted by Gasteiger charge is -2.37. The first-order chi connectivity index (χ1) is 14.1. The number of ether oxygens (including phenoxy) is 1. The van der Waals surface area contributed by atoms with Gasteiger partial charge in [-0.1, -0.05) is 24.3 Å². The van der Waals surface area contributed by atoms with Crippen molar-refractivity contribution in [1.82, 2.24) is 4.90 Å². The molecular weight excluding hydrogens is 373 g/mol. The number of amides is 2. The zero-order valence-corrected chi connectivity index (χ0v) is 16.4. The van der Waals surface area contributed by atoms with Crippen LogP contribution in [0.4, 0.5) is 15.8 Å². The molecule has 7 heteroatoms. The van der Waals surface area contributed by atoms with Crippen LogP contribution in [0.15, 0.2) is 48.5 Å². The SMILES string of the molecule is COc1ccccc1N1C[C@H](C(=O)N2CCN(c3ccccc3F)CC2)CC1=O. The molecule has 29 heavy (non-hydrogen) atoms. The number of benzene rings is 2. The molecule has 2 fully saturated rings. The number of hydrogen-bond acceptors (Lipinski definition) is 4. The second-order valence-corrected chi connectivity index (χ2v) is 7.34. The number of halogens is 1. The van der Waals surface area contributed by atoms with Crippen LogP contribution in [0, 0.1) is 11.7 Å². The molecule has 0 aromatic heterocycles. The van der Waals surface area contributed by atoms with Crippen molar-refractivity contribution in [2.24, 2.45) is 5.92 Å². The highest BCUT2D eigenvalue weighted by Crippen LogP contribution is 2.33. The minimum atomic E-state index is -0.368. The highest BCUT2D eigenvalue weighted by atomic mass is 19.1. The molecule has 1 atom stereocenters. The van der Waals surface area contributed by atoms with Crippen molar-refractivity contribution in [2.75, 3.05) is 49.6 Å². The van der Waals surface area contributed by atoms with Crippen LogP contribution < -0.4 is 14.5 Å². The van der Waals surface area contributed by atoms with Gasteiger partial charge in [0.15, 0.2) is 0 Å². The molecule has 0 spiro atoms. The standard InChI is InChI=1S/C22H24FN3O3/c1-29-20-9-5-4-8-19(20)26-15-16(14-21(26)27)22(28)25-12-10-24(11-13-25)18-7-3-2-6-17(18)23/h2-9,16H,10-15H2,1H3/t16-/m1/s1. The fraction of sp³-hybridized carbons (Fsp3) is 0.364. The molecule has 2 aliphatic rings. The fourth-order valence-corrected chi connectivity index (χ4v) is 4.09. The zero-order valence-electron chi connectivity index (χ0n) is 16.4. The molecule has 2 saturated heterocycles. The Kier molecular flexibility index (Phi) is 5.38. The normalized spacial score (nSPS) is 19.6. The molecule has 6 nitrogen and oxygen atoms in total. The number of piperazine rings is 1. The van der Waals surface area contributed by atoms with Crippen LogP contribution >= 0.6 is 0 Å². The number of anilines is 2. The maximum atomic E-state index is 14.0. The number of methoxy groups -OCH3 is 1. The zero-order chi connectivity index (χ0) is 20.4. The Bertz CT molecular complexity index is 912. The van der Waals surface area contributed by atoms with Gasteiger partial charge < -0.3 is 19.4 Å². The molecule has 2 amide bonds. The summed E-state index contributed by atoms with van der Waals surface area (Å²) >= 11 is 0. The Balaban J connectivity index is 1.40. The number of para-hydroxylation sites is 3. The van der Waals surface area contributed by atoms with Crippen LogP contribution in [0.1, 0.15) is 6.42 Å². The van der Waals surface area contributed by atoms with E-state index in [0.717, 1.165) is 0 Å². The second-order valence-electron chi connectivity index (χ2n) is 7.34. The molecule has 0 radical (unpaired) electrons. The summed E-state index contributed by atoms with van der Waals surface area (Å²) in [6, 6.07) is 14.0. The molecule has 152 valence electrons. The molecule has 0 aliphatic carbocycles. The second kappa shape index (κ2) is 8.11. The first-order valence-corrected chi connectivity index (χ1v) is 9.80. The molecule has 2 heterocycles. The number of carbonyl (C=O) groups excluding carboxylic acids is 2. The topological polar surface area (TPSA) is 53.1 Å². The lowest BCUT2D eigenvalue weighted by Crippen LogP contribution is -2.51. The number of carbonyl (C=O) groups is 2. The molecule has 2 aromatic carbocycles.